The van der Waals surface area contributed by atoms with Crippen LogP contribution in [0.2, 0.25) is 0 Å². The maximum Gasteiger partial charge on any atom is 0.336 e. The van der Waals surface area contributed by atoms with Gasteiger partial charge in [0.25, 0.3) is 5.91 Å². The molecule has 5 nitrogen and oxygen atoms in total. The van der Waals surface area contributed by atoms with Gasteiger partial charge < -0.3 is 10.4 Å². The minimum Gasteiger partial charge on any atom is -0.478 e. The lowest BCUT2D eigenvalue weighted by Crippen LogP contribution is -2.17. The lowest BCUT2D eigenvalue weighted by atomic mass is 10.1. The van der Waals surface area contributed by atoms with E-state index >= 15 is 0 Å². The number of rotatable bonds is 3. The zero-order valence-electron chi connectivity index (χ0n) is 10.6. The van der Waals surface area contributed by atoms with E-state index in [0.717, 1.165) is 10.2 Å². The summed E-state index contributed by atoms with van der Waals surface area (Å²) in [7, 11) is 0. The fourth-order valence-corrected chi connectivity index (χ4v) is 1.89. The van der Waals surface area contributed by atoms with Gasteiger partial charge in [0.05, 0.1) is 16.8 Å². The number of halogens is 1. The van der Waals surface area contributed by atoms with Crippen LogP contribution in [0.4, 0.5) is 5.82 Å². The number of anilines is 1. The van der Waals surface area contributed by atoms with Gasteiger partial charge in [0, 0.05) is 4.47 Å². The molecular formula is C14H11BrN2O3. The smallest absolute Gasteiger partial charge is 0.336 e. The van der Waals surface area contributed by atoms with E-state index in [1.54, 1.807) is 31.2 Å². The molecule has 0 aliphatic carbocycles. The Morgan fingerprint density at radius 3 is 2.40 bits per heavy atom. The summed E-state index contributed by atoms with van der Waals surface area (Å²) in [5.74, 6) is -1.27. The van der Waals surface area contributed by atoms with E-state index in [1.807, 2.05) is 0 Å². The molecule has 1 amide bonds. The first-order valence-electron chi connectivity index (χ1n) is 5.76. The van der Waals surface area contributed by atoms with Crippen LogP contribution in [-0.2, 0) is 0 Å². The van der Waals surface area contributed by atoms with E-state index in [0.29, 0.717) is 5.82 Å². The first kappa shape index (κ1) is 14.2. The number of nitrogens with zero attached hydrogens (tertiary/aromatic N) is 1. The zero-order valence-corrected chi connectivity index (χ0v) is 12.1. The van der Waals surface area contributed by atoms with Crippen molar-refractivity contribution in [2.24, 2.45) is 0 Å². The molecule has 1 aromatic heterocycles. The lowest BCUT2D eigenvalue weighted by Gasteiger charge is -2.08. The van der Waals surface area contributed by atoms with Gasteiger partial charge in [-0.3, -0.25) is 4.79 Å². The molecule has 1 aromatic carbocycles. The summed E-state index contributed by atoms with van der Waals surface area (Å²) in [5.41, 5.74) is 0.788. The second kappa shape index (κ2) is 5.83. The first-order chi connectivity index (χ1) is 9.49. The summed E-state index contributed by atoms with van der Waals surface area (Å²) in [6.45, 7) is 1.80. The highest BCUT2D eigenvalue weighted by Gasteiger charge is 2.16. The number of amides is 1. The Hall–Kier alpha value is -2.21. The number of aromatic carboxylic acids is 1. The molecule has 0 atom stereocenters. The van der Waals surface area contributed by atoms with Gasteiger partial charge in [0.15, 0.2) is 0 Å². The Morgan fingerprint density at radius 1 is 1.15 bits per heavy atom. The average molecular weight is 335 g/mol. The average Bonchev–Trinajstić information content (AvgIpc) is 2.43. The van der Waals surface area contributed by atoms with Crippen LogP contribution >= 0.6 is 15.9 Å². The molecule has 0 saturated carbocycles. The van der Waals surface area contributed by atoms with Gasteiger partial charge in [-0.25, -0.2) is 9.78 Å². The number of pyridine rings is 1. The molecule has 2 rings (SSSR count). The highest BCUT2D eigenvalue weighted by atomic mass is 79.9. The molecule has 0 unspecified atom stereocenters. The van der Waals surface area contributed by atoms with Crippen LogP contribution in [0.15, 0.2) is 40.9 Å². The number of aryl methyl sites for hydroxylation is 1. The third-order valence-electron chi connectivity index (χ3n) is 2.67. The number of carbonyl (C=O) groups excluding carboxylic acids is 1. The number of carbonyl (C=O) groups is 2. The molecule has 0 radical (unpaired) electrons. The van der Waals surface area contributed by atoms with Crippen LogP contribution in [0.5, 0.6) is 0 Å². The normalized spacial score (nSPS) is 10.1. The first-order valence-corrected chi connectivity index (χ1v) is 6.55. The van der Waals surface area contributed by atoms with E-state index in [9.17, 15) is 9.59 Å². The van der Waals surface area contributed by atoms with Gasteiger partial charge in [-0.2, -0.15) is 0 Å². The largest absolute Gasteiger partial charge is 0.478 e. The Bertz CT molecular complexity index is 686. The van der Waals surface area contributed by atoms with Crippen molar-refractivity contribution in [1.29, 1.82) is 0 Å². The number of carboxylic acids is 1. The number of benzene rings is 1. The third kappa shape index (κ3) is 3.03. The highest BCUT2D eigenvalue weighted by Crippen LogP contribution is 2.17. The molecule has 2 aromatic rings. The molecule has 0 fully saturated rings. The van der Waals surface area contributed by atoms with Crippen molar-refractivity contribution in [3.8, 4) is 0 Å². The fraction of sp³-hybridized carbons (Fsp3) is 0.0714. The molecule has 20 heavy (non-hydrogen) atoms. The van der Waals surface area contributed by atoms with Crippen molar-refractivity contribution in [1.82, 2.24) is 4.98 Å². The minimum atomic E-state index is -1.14. The van der Waals surface area contributed by atoms with Crippen molar-refractivity contribution in [2.75, 3.05) is 5.32 Å². The Morgan fingerprint density at radius 2 is 1.80 bits per heavy atom. The van der Waals surface area contributed by atoms with Gasteiger partial charge in [0.1, 0.15) is 5.82 Å². The molecule has 0 aliphatic heterocycles. The van der Waals surface area contributed by atoms with E-state index in [2.05, 4.69) is 26.2 Å². The second-order valence-electron chi connectivity index (χ2n) is 4.07. The van der Waals surface area contributed by atoms with Crippen molar-refractivity contribution in [3.05, 3.63) is 57.7 Å². The van der Waals surface area contributed by atoms with Crippen LogP contribution in [0.3, 0.4) is 0 Å². The number of aromatic nitrogens is 1. The third-order valence-corrected chi connectivity index (χ3v) is 3.50. The van der Waals surface area contributed by atoms with Crippen LogP contribution < -0.4 is 5.32 Å². The molecule has 0 spiro atoms. The lowest BCUT2D eigenvalue weighted by molar-refractivity contribution is 0.0692. The summed E-state index contributed by atoms with van der Waals surface area (Å²) in [5, 5.41) is 11.6. The number of nitrogens with one attached hydrogen (secondary N) is 1. The topological polar surface area (TPSA) is 79.3 Å². The second-order valence-corrected chi connectivity index (χ2v) is 4.92. The van der Waals surface area contributed by atoms with E-state index < -0.39 is 11.9 Å². The van der Waals surface area contributed by atoms with Gasteiger partial charge in [-0.1, -0.05) is 12.1 Å². The standard InChI is InChI=1S/C14H11BrN2O3/c1-8-11(15)6-7-12(16-8)17-13(18)9-4-2-3-5-10(9)14(19)20/h2-7H,1H3,(H,19,20)(H,16,17,18). The Balaban J connectivity index is 2.28. The summed E-state index contributed by atoms with van der Waals surface area (Å²) in [6, 6.07) is 9.44. The van der Waals surface area contributed by atoms with Crippen molar-refractivity contribution in [2.45, 2.75) is 6.92 Å². The summed E-state index contributed by atoms with van der Waals surface area (Å²) in [4.78, 5) is 27.4. The maximum absolute atomic E-state index is 12.1. The van der Waals surface area contributed by atoms with Gasteiger partial charge in [0.2, 0.25) is 0 Å². The molecule has 0 saturated heterocycles. The van der Waals surface area contributed by atoms with E-state index in [4.69, 9.17) is 5.11 Å². The SMILES string of the molecule is Cc1nc(NC(=O)c2ccccc2C(=O)O)ccc1Br. The molecule has 0 aliphatic rings. The highest BCUT2D eigenvalue weighted by molar-refractivity contribution is 9.10. The number of carboxylic acid groups (broad SMARTS) is 1. The van der Waals surface area contributed by atoms with Crippen LogP contribution in [0.25, 0.3) is 0 Å². The summed E-state index contributed by atoms with van der Waals surface area (Å²) in [6.07, 6.45) is 0. The quantitative estimate of drug-likeness (QED) is 0.903. The Labute approximate surface area is 123 Å². The molecule has 0 bridgehead atoms. The van der Waals surface area contributed by atoms with Gasteiger partial charge in [-0.15, -0.1) is 0 Å². The molecule has 1 heterocycles. The number of hydrogen-bond acceptors (Lipinski definition) is 3. The maximum atomic E-state index is 12.1. The van der Waals surface area contributed by atoms with Crippen LogP contribution in [0.1, 0.15) is 26.4 Å². The number of hydrogen-bond donors (Lipinski definition) is 2. The van der Waals surface area contributed by atoms with Crippen molar-refractivity contribution >= 4 is 33.6 Å². The van der Waals surface area contributed by atoms with Crippen molar-refractivity contribution < 1.29 is 14.7 Å². The Kier molecular flexibility index (Phi) is 4.14. The fourth-order valence-electron chi connectivity index (χ4n) is 1.66. The van der Waals surface area contributed by atoms with Crippen molar-refractivity contribution in [3.63, 3.8) is 0 Å². The predicted octanol–water partition coefficient (Wildman–Crippen LogP) is 3.10. The van der Waals surface area contributed by atoms with E-state index in [1.165, 1.54) is 12.1 Å². The molecule has 2 N–H and O–H groups in total. The van der Waals surface area contributed by atoms with Crippen LogP contribution in [0, 0.1) is 6.92 Å². The minimum absolute atomic E-state index is 0.0427. The summed E-state index contributed by atoms with van der Waals surface area (Å²) >= 11 is 3.32. The molecular weight excluding hydrogens is 324 g/mol. The van der Waals surface area contributed by atoms with Gasteiger partial charge in [-0.05, 0) is 47.1 Å². The summed E-state index contributed by atoms with van der Waals surface area (Å²) < 4.78 is 0.835. The monoisotopic (exact) mass is 334 g/mol. The van der Waals surface area contributed by atoms with Crippen LogP contribution in [-0.4, -0.2) is 22.0 Å². The zero-order chi connectivity index (χ0) is 14.7. The molecule has 6 heteroatoms. The van der Waals surface area contributed by atoms with Gasteiger partial charge >= 0.3 is 5.97 Å². The molecule has 102 valence electrons. The predicted molar refractivity (Wildman–Crippen MR) is 78.0 cm³/mol. The van der Waals surface area contributed by atoms with E-state index in [-0.39, 0.29) is 11.1 Å².